The topological polar surface area (TPSA) is 97.0 Å². The van der Waals surface area contributed by atoms with Gasteiger partial charge in [-0.15, -0.1) is 0 Å². The van der Waals surface area contributed by atoms with Crippen LogP contribution in [0.5, 0.6) is 11.5 Å². The lowest BCUT2D eigenvalue weighted by Gasteiger charge is -2.05. The molecule has 0 aliphatic carbocycles. The first-order valence-electron chi connectivity index (χ1n) is 6.01. The number of aromatic hydroxyl groups is 1. The maximum Gasteiger partial charge on any atom is 0.315 e. The molecular formula is C14H13N3O4. The van der Waals surface area contributed by atoms with Gasteiger partial charge in [0.25, 0.3) is 0 Å². The van der Waals surface area contributed by atoms with Gasteiger partial charge in [0.05, 0.1) is 23.9 Å². The van der Waals surface area contributed by atoms with Crippen molar-refractivity contribution < 1.29 is 14.8 Å². The van der Waals surface area contributed by atoms with Gasteiger partial charge in [-0.25, -0.2) is 0 Å². The highest BCUT2D eigenvalue weighted by Crippen LogP contribution is 2.36. The van der Waals surface area contributed by atoms with E-state index in [9.17, 15) is 15.2 Å². The maximum atomic E-state index is 10.9. The van der Waals surface area contributed by atoms with Crippen molar-refractivity contribution in [1.82, 2.24) is 0 Å². The molecule has 2 aromatic rings. The largest absolute Gasteiger partial charge is 0.500 e. The zero-order chi connectivity index (χ0) is 15.2. The lowest BCUT2D eigenvalue weighted by molar-refractivity contribution is -0.386. The van der Waals surface area contributed by atoms with Crippen LogP contribution in [0, 0.1) is 10.1 Å². The normalized spacial score (nSPS) is 10.5. The second-order valence-corrected chi connectivity index (χ2v) is 4.08. The summed E-state index contributed by atoms with van der Waals surface area (Å²) in [5.41, 5.74) is 3.57. The number of methoxy groups -OCH3 is 1. The first-order valence-corrected chi connectivity index (χ1v) is 6.01. The van der Waals surface area contributed by atoms with Gasteiger partial charge in [0.15, 0.2) is 5.75 Å². The Morgan fingerprint density at radius 2 is 2.05 bits per heavy atom. The molecule has 0 atom stereocenters. The summed E-state index contributed by atoms with van der Waals surface area (Å²) in [7, 11) is 1.32. The molecule has 2 rings (SSSR count). The van der Waals surface area contributed by atoms with E-state index in [1.54, 1.807) is 0 Å². The third-order valence-corrected chi connectivity index (χ3v) is 2.67. The molecule has 0 spiro atoms. The van der Waals surface area contributed by atoms with Crippen LogP contribution < -0.4 is 10.2 Å². The third kappa shape index (κ3) is 3.47. The van der Waals surface area contributed by atoms with E-state index in [1.807, 2.05) is 30.3 Å². The van der Waals surface area contributed by atoms with Crippen LogP contribution in [0.1, 0.15) is 5.56 Å². The van der Waals surface area contributed by atoms with E-state index in [1.165, 1.54) is 25.5 Å². The SMILES string of the molecule is COc1cc(/C=N/Nc2ccccc2)cc([N+](=O)[O-])c1O. The molecule has 0 aromatic heterocycles. The average Bonchev–Trinajstić information content (AvgIpc) is 2.49. The number of phenolic OH excluding ortho intramolecular Hbond substituents is 1. The molecule has 7 heteroatoms. The predicted molar refractivity (Wildman–Crippen MR) is 79.0 cm³/mol. The smallest absolute Gasteiger partial charge is 0.315 e. The highest BCUT2D eigenvalue weighted by atomic mass is 16.6. The van der Waals surface area contributed by atoms with Crippen molar-refractivity contribution in [3.05, 3.63) is 58.1 Å². The van der Waals surface area contributed by atoms with Gasteiger partial charge in [-0.1, -0.05) is 18.2 Å². The Labute approximate surface area is 120 Å². The minimum Gasteiger partial charge on any atom is -0.500 e. The molecule has 0 bridgehead atoms. The molecule has 21 heavy (non-hydrogen) atoms. The van der Waals surface area contributed by atoms with Crippen LogP contribution in [0.2, 0.25) is 0 Å². The van der Waals surface area contributed by atoms with Gasteiger partial charge < -0.3 is 9.84 Å². The molecule has 108 valence electrons. The molecule has 0 saturated carbocycles. The second kappa shape index (κ2) is 6.38. The molecule has 0 heterocycles. The number of nitro benzene ring substituents is 1. The Morgan fingerprint density at radius 3 is 2.67 bits per heavy atom. The number of hydrazone groups is 1. The minimum absolute atomic E-state index is 0.0189. The van der Waals surface area contributed by atoms with E-state index in [0.29, 0.717) is 5.56 Å². The number of phenols is 1. The number of nitrogens with one attached hydrogen (secondary N) is 1. The van der Waals surface area contributed by atoms with Gasteiger partial charge in [0.2, 0.25) is 5.75 Å². The summed E-state index contributed by atoms with van der Waals surface area (Å²) in [6, 6.07) is 11.9. The van der Waals surface area contributed by atoms with Crippen LogP contribution in [-0.4, -0.2) is 23.4 Å². The van der Waals surface area contributed by atoms with Crippen LogP contribution in [0.3, 0.4) is 0 Å². The van der Waals surface area contributed by atoms with Crippen molar-refractivity contribution in [1.29, 1.82) is 0 Å². The third-order valence-electron chi connectivity index (χ3n) is 2.67. The molecule has 0 aliphatic heterocycles. The fraction of sp³-hybridized carbons (Fsp3) is 0.0714. The number of hydrogen-bond donors (Lipinski definition) is 2. The van der Waals surface area contributed by atoms with Crippen LogP contribution in [0.15, 0.2) is 47.6 Å². The van der Waals surface area contributed by atoms with E-state index in [-0.39, 0.29) is 5.75 Å². The van der Waals surface area contributed by atoms with Crippen molar-refractivity contribution in [2.75, 3.05) is 12.5 Å². The summed E-state index contributed by atoms with van der Waals surface area (Å²) in [4.78, 5) is 10.2. The number of benzene rings is 2. The highest BCUT2D eigenvalue weighted by molar-refractivity contribution is 5.83. The number of anilines is 1. The van der Waals surface area contributed by atoms with Gasteiger partial charge >= 0.3 is 5.69 Å². The van der Waals surface area contributed by atoms with Crippen molar-refractivity contribution in [2.45, 2.75) is 0 Å². The Morgan fingerprint density at radius 1 is 1.33 bits per heavy atom. The Bertz CT molecular complexity index is 671. The second-order valence-electron chi connectivity index (χ2n) is 4.08. The van der Waals surface area contributed by atoms with Gasteiger partial charge in [0, 0.05) is 11.6 Å². The Balaban J connectivity index is 2.23. The summed E-state index contributed by atoms with van der Waals surface area (Å²) in [6.45, 7) is 0. The number of nitrogens with zero attached hydrogens (tertiary/aromatic N) is 2. The summed E-state index contributed by atoms with van der Waals surface area (Å²) < 4.78 is 4.90. The van der Waals surface area contributed by atoms with E-state index < -0.39 is 16.4 Å². The maximum absolute atomic E-state index is 10.9. The lowest BCUT2D eigenvalue weighted by Crippen LogP contribution is -1.96. The fourth-order valence-electron chi connectivity index (χ4n) is 1.68. The monoisotopic (exact) mass is 287 g/mol. The van der Waals surface area contributed by atoms with Crippen molar-refractivity contribution in [2.24, 2.45) is 5.10 Å². The number of nitro groups is 1. The van der Waals surface area contributed by atoms with Crippen molar-refractivity contribution in [3.8, 4) is 11.5 Å². The summed E-state index contributed by atoms with van der Waals surface area (Å²) in [6.07, 6.45) is 1.40. The molecule has 0 radical (unpaired) electrons. The molecule has 0 unspecified atom stereocenters. The van der Waals surface area contributed by atoms with Crippen molar-refractivity contribution >= 4 is 17.6 Å². The first kappa shape index (κ1) is 14.3. The zero-order valence-corrected chi connectivity index (χ0v) is 11.2. The van der Waals surface area contributed by atoms with Crippen molar-refractivity contribution in [3.63, 3.8) is 0 Å². The van der Waals surface area contributed by atoms with Crippen LogP contribution in [0.4, 0.5) is 11.4 Å². The lowest BCUT2D eigenvalue weighted by atomic mass is 10.2. The van der Waals surface area contributed by atoms with Gasteiger partial charge in [-0.3, -0.25) is 15.5 Å². The summed E-state index contributed by atoms with van der Waals surface area (Å²) in [5.74, 6) is -0.485. The zero-order valence-electron chi connectivity index (χ0n) is 11.2. The van der Waals surface area contributed by atoms with Crippen LogP contribution in [0.25, 0.3) is 0 Å². The first-order chi connectivity index (χ1) is 10.1. The molecule has 0 saturated heterocycles. The van der Waals surface area contributed by atoms with E-state index in [0.717, 1.165) is 5.69 Å². The van der Waals surface area contributed by atoms with Crippen LogP contribution in [-0.2, 0) is 0 Å². The predicted octanol–water partition coefficient (Wildman–Crippen LogP) is 2.76. The van der Waals surface area contributed by atoms with E-state index in [2.05, 4.69) is 10.5 Å². The highest BCUT2D eigenvalue weighted by Gasteiger charge is 2.19. The summed E-state index contributed by atoms with van der Waals surface area (Å²) in [5, 5.41) is 24.5. The molecule has 0 fully saturated rings. The van der Waals surface area contributed by atoms with Gasteiger partial charge in [0.1, 0.15) is 0 Å². The number of para-hydroxylation sites is 1. The Kier molecular flexibility index (Phi) is 4.35. The quantitative estimate of drug-likeness (QED) is 0.500. The van der Waals surface area contributed by atoms with E-state index >= 15 is 0 Å². The molecule has 2 N–H and O–H groups in total. The molecule has 0 aliphatic rings. The standard InChI is InChI=1S/C14H13N3O4/c1-21-13-8-10(7-12(14(13)18)17(19)20)9-15-16-11-5-3-2-4-6-11/h2-9,16,18H,1H3/b15-9+. The summed E-state index contributed by atoms with van der Waals surface area (Å²) >= 11 is 0. The molecular weight excluding hydrogens is 274 g/mol. The molecule has 0 amide bonds. The Hall–Kier alpha value is -3.09. The molecule has 7 nitrogen and oxygen atoms in total. The van der Waals surface area contributed by atoms with E-state index in [4.69, 9.17) is 4.74 Å². The van der Waals surface area contributed by atoms with Gasteiger partial charge in [-0.05, 0) is 18.2 Å². The average molecular weight is 287 g/mol. The molecule has 2 aromatic carbocycles. The number of rotatable bonds is 5. The number of ether oxygens (including phenoxy) is 1. The van der Waals surface area contributed by atoms with Gasteiger partial charge in [-0.2, -0.15) is 5.10 Å². The number of hydrogen-bond acceptors (Lipinski definition) is 6. The van der Waals surface area contributed by atoms with Crippen LogP contribution >= 0.6 is 0 Å². The minimum atomic E-state index is -0.681. The fourth-order valence-corrected chi connectivity index (χ4v) is 1.68.